The lowest BCUT2D eigenvalue weighted by Crippen LogP contribution is -2.48. The number of hydrazine groups is 1. The van der Waals surface area contributed by atoms with Gasteiger partial charge in [0.1, 0.15) is 0 Å². The lowest BCUT2D eigenvalue weighted by molar-refractivity contribution is -0.121. The molecular formula is C14H18BrN3O2S. The highest BCUT2D eigenvalue weighted by Gasteiger charge is 2.11. The first-order valence-corrected chi connectivity index (χ1v) is 7.89. The number of amides is 2. The zero-order chi connectivity index (χ0) is 15.7. The zero-order valence-electron chi connectivity index (χ0n) is 11.7. The van der Waals surface area contributed by atoms with Crippen molar-refractivity contribution in [3.05, 3.63) is 34.3 Å². The van der Waals surface area contributed by atoms with Crippen LogP contribution < -0.4 is 16.2 Å². The van der Waals surface area contributed by atoms with Gasteiger partial charge in [-0.05, 0) is 46.7 Å². The number of nitrogens with one attached hydrogen (secondary N) is 3. The first-order chi connectivity index (χ1) is 10.0. The Kier molecular flexibility index (Phi) is 7.92. The van der Waals surface area contributed by atoms with E-state index in [1.807, 2.05) is 6.07 Å². The molecule has 0 spiro atoms. The molecule has 0 aliphatic rings. The van der Waals surface area contributed by atoms with E-state index >= 15 is 0 Å². The molecule has 5 nitrogen and oxygen atoms in total. The van der Waals surface area contributed by atoms with E-state index in [1.165, 1.54) is 0 Å². The summed E-state index contributed by atoms with van der Waals surface area (Å²) in [5.41, 5.74) is 5.44. The van der Waals surface area contributed by atoms with Gasteiger partial charge in [-0.2, -0.15) is 0 Å². The minimum Gasteiger partial charge on any atom is -0.298 e. The van der Waals surface area contributed by atoms with Gasteiger partial charge in [0.05, 0.1) is 5.56 Å². The Morgan fingerprint density at radius 2 is 1.90 bits per heavy atom. The maximum absolute atomic E-state index is 12.0. The van der Waals surface area contributed by atoms with Gasteiger partial charge in [-0.15, -0.1) is 0 Å². The Labute approximate surface area is 138 Å². The van der Waals surface area contributed by atoms with Crippen LogP contribution in [0, 0.1) is 0 Å². The van der Waals surface area contributed by atoms with Crippen molar-refractivity contribution in [1.29, 1.82) is 0 Å². The molecule has 0 saturated carbocycles. The van der Waals surface area contributed by atoms with E-state index in [1.54, 1.807) is 18.2 Å². The van der Waals surface area contributed by atoms with E-state index in [0.29, 0.717) is 16.5 Å². The zero-order valence-corrected chi connectivity index (χ0v) is 14.1. The fraction of sp³-hybridized carbons (Fsp3) is 0.357. The summed E-state index contributed by atoms with van der Waals surface area (Å²) in [4.78, 5) is 23.4. The van der Waals surface area contributed by atoms with Crippen molar-refractivity contribution < 1.29 is 9.59 Å². The van der Waals surface area contributed by atoms with E-state index in [2.05, 4.69) is 39.0 Å². The van der Waals surface area contributed by atoms with Gasteiger partial charge in [-0.3, -0.25) is 25.8 Å². The normalized spacial score (nSPS) is 9.81. The SMILES string of the molecule is CCCCCC(=O)NNC(=S)NC(=O)c1ccccc1Br. The summed E-state index contributed by atoms with van der Waals surface area (Å²) < 4.78 is 0.675. The molecule has 0 aliphatic heterocycles. The number of halogens is 1. The van der Waals surface area contributed by atoms with Crippen LogP contribution in [0.15, 0.2) is 28.7 Å². The number of hydrogen-bond donors (Lipinski definition) is 3. The largest absolute Gasteiger partial charge is 0.298 e. The minimum atomic E-state index is -0.347. The molecule has 3 N–H and O–H groups in total. The summed E-state index contributed by atoms with van der Waals surface area (Å²) in [7, 11) is 0. The molecular weight excluding hydrogens is 354 g/mol. The Morgan fingerprint density at radius 1 is 1.19 bits per heavy atom. The van der Waals surface area contributed by atoms with E-state index < -0.39 is 0 Å². The maximum Gasteiger partial charge on any atom is 0.258 e. The van der Waals surface area contributed by atoms with E-state index in [-0.39, 0.29) is 16.9 Å². The highest BCUT2D eigenvalue weighted by atomic mass is 79.9. The van der Waals surface area contributed by atoms with Crippen LogP contribution in [0.5, 0.6) is 0 Å². The smallest absolute Gasteiger partial charge is 0.258 e. The topological polar surface area (TPSA) is 70.2 Å². The summed E-state index contributed by atoms with van der Waals surface area (Å²) in [6, 6.07) is 7.01. The monoisotopic (exact) mass is 371 g/mol. The fourth-order valence-corrected chi connectivity index (χ4v) is 2.18. The van der Waals surface area contributed by atoms with Crippen LogP contribution in [0.2, 0.25) is 0 Å². The van der Waals surface area contributed by atoms with Gasteiger partial charge in [0.25, 0.3) is 5.91 Å². The van der Waals surface area contributed by atoms with E-state index in [9.17, 15) is 9.59 Å². The van der Waals surface area contributed by atoms with Gasteiger partial charge in [-0.25, -0.2) is 0 Å². The van der Waals surface area contributed by atoms with Crippen molar-refractivity contribution in [2.24, 2.45) is 0 Å². The first kappa shape index (κ1) is 17.6. The van der Waals surface area contributed by atoms with E-state index in [4.69, 9.17) is 12.2 Å². The molecule has 1 aromatic carbocycles. The second-order valence-corrected chi connectivity index (χ2v) is 5.66. The molecule has 114 valence electrons. The van der Waals surface area contributed by atoms with E-state index in [0.717, 1.165) is 19.3 Å². The quantitative estimate of drug-likeness (QED) is 0.422. The van der Waals surface area contributed by atoms with Crippen LogP contribution in [0.4, 0.5) is 0 Å². The molecule has 21 heavy (non-hydrogen) atoms. The summed E-state index contributed by atoms with van der Waals surface area (Å²) in [5.74, 6) is -0.499. The molecule has 0 fully saturated rings. The fourth-order valence-electron chi connectivity index (χ4n) is 1.57. The highest BCUT2D eigenvalue weighted by molar-refractivity contribution is 9.10. The number of hydrogen-bond acceptors (Lipinski definition) is 3. The standard InChI is InChI=1S/C14H18BrN3O2S/c1-2-3-4-9-12(19)17-18-14(21)16-13(20)10-7-5-6-8-11(10)15/h5-8H,2-4,9H2,1H3,(H,17,19)(H2,16,18,20,21). The summed E-state index contributed by atoms with van der Waals surface area (Å²) in [6.07, 6.45) is 3.33. The number of thiocarbonyl (C=S) groups is 1. The van der Waals surface area contributed by atoms with Crippen LogP contribution in [0.3, 0.4) is 0 Å². The molecule has 0 unspecified atom stereocenters. The predicted molar refractivity (Wildman–Crippen MR) is 89.6 cm³/mol. The van der Waals surface area contributed by atoms with Crippen LogP contribution in [-0.2, 0) is 4.79 Å². The summed E-state index contributed by atoms with van der Waals surface area (Å²) in [6.45, 7) is 2.07. The van der Waals surface area contributed by atoms with Crippen molar-refractivity contribution in [2.45, 2.75) is 32.6 Å². The van der Waals surface area contributed by atoms with Crippen molar-refractivity contribution in [3.63, 3.8) is 0 Å². The van der Waals surface area contributed by atoms with Crippen molar-refractivity contribution >= 4 is 45.1 Å². The second kappa shape index (κ2) is 9.46. The molecule has 0 bridgehead atoms. The number of unbranched alkanes of at least 4 members (excludes halogenated alkanes) is 2. The Morgan fingerprint density at radius 3 is 2.57 bits per heavy atom. The molecule has 0 radical (unpaired) electrons. The number of carbonyl (C=O) groups is 2. The van der Waals surface area contributed by atoms with Crippen LogP contribution in [0.1, 0.15) is 43.0 Å². The lowest BCUT2D eigenvalue weighted by atomic mass is 10.2. The third kappa shape index (κ3) is 6.68. The molecule has 0 heterocycles. The molecule has 0 atom stereocenters. The molecule has 1 aromatic rings. The second-order valence-electron chi connectivity index (χ2n) is 4.39. The Hall–Kier alpha value is -1.47. The van der Waals surface area contributed by atoms with Gasteiger partial charge in [0.15, 0.2) is 5.11 Å². The number of rotatable bonds is 5. The molecule has 0 saturated heterocycles. The van der Waals surface area contributed by atoms with Crippen LogP contribution >= 0.6 is 28.1 Å². The van der Waals surface area contributed by atoms with Crippen LogP contribution in [-0.4, -0.2) is 16.9 Å². The average molecular weight is 372 g/mol. The van der Waals surface area contributed by atoms with Gasteiger partial charge in [0, 0.05) is 10.9 Å². The number of benzene rings is 1. The van der Waals surface area contributed by atoms with Crippen LogP contribution in [0.25, 0.3) is 0 Å². The van der Waals surface area contributed by atoms with Crippen molar-refractivity contribution in [2.75, 3.05) is 0 Å². The summed E-state index contributed by atoms with van der Waals surface area (Å²) >= 11 is 8.24. The lowest BCUT2D eigenvalue weighted by Gasteiger charge is -2.11. The summed E-state index contributed by atoms with van der Waals surface area (Å²) in [5, 5.41) is 2.55. The van der Waals surface area contributed by atoms with Gasteiger partial charge < -0.3 is 0 Å². The third-order valence-corrected chi connectivity index (χ3v) is 3.56. The van der Waals surface area contributed by atoms with Gasteiger partial charge in [-0.1, -0.05) is 31.9 Å². The molecule has 2 amide bonds. The third-order valence-electron chi connectivity index (χ3n) is 2.67. The Bertz CT molecular complexity index is 523. The van der Waals surface area contributed by atoms with Gasteiger partial charge >= 0.3 is 0 Å². The Balaban J connectivity index is 2.35. The minimum absolute atomic E-state index is 0.0552. The van der Waals surface area contributed by atoms with Crippen molar-refractivity contribution in [1.82, 2.24) is 16.2 Å². The first-order valence-electron chi connectivity index (χ1n) is 6.69. The predicted octanol–water partition coefficient (Wildman–Crippen LogP) is 2.66. The average Bonchev–Trinajstić information content (AvgIpc) is 2.46. The van der Waals surface area contributed by atoms with Crippen molar-refractivity contribution in [3.8, 4) is 0 Å². The van der Waals surface area contributed by atoms with Gasteiger partial charge in [0.2, 0.25) is 5.91 Å². The maximum atomic E-state index is 12.0. The molecule has 7 heteroatoms. The molecule has 0 aromatic heterocycles. The number of carbonyl (C=O) groups excluding carboxylic acids is 2. The molecule has 1 rings (SSSR count). The highest BCUT2D eigenvalue weighted by Crippen LogP contribution is 2.15. The molecule has 0 aliphatic carbocycles.